The summed E-state index contributed by atoms with van der Waals surface area (Å²) in [6.07, 6.45) is -5.05. The summed E-state index contributed by atoms with van der Waals surface area (Å²) in [6.45, 7) is 3.60. The van der Waals surface area contributed by atoms with Gasteiger partial charge in [-0.2, -0.15) is 13.2 Å². The largest absolute Gasteiger partial charge is 0.481 e. The number of carbonyl (C=O) groups is 1. The molecular weight excluding hydrogens is 223 g/mol. The first-order chi connectivity index (χ1) is 7.18. The van der Waals surface area contributed by atoms with E-state index in [0.717, 1.165) is 0 Å². The van der Waals surface area contributed by atoms with Crippen molar-refractivity contribution in [1.82, 2.24) is 0 Å². The van der Waals surface area contributed by atoms with Crippen LogP contribution in [0.1, 0.15) is 33.1 Å². The molecule has 0 aliphatic carbocycles. The van der Waals surface area contributed by atoms with Crippen molar-refractivity contribution >= 4 is 5.97 Å². The van der Waals surface area contributed by atoms with Crippen LogP contribution in [-0.4, -0.2) is 23.3 Å². The molecule has 0 amide bonds. The van der Waals surface area contributed by atoms with Gasteiger partial charge in [-0.05, 0) is 12.3 Å². The quantitative estimate of drug-likeness (QED) is 0.750. The molecule has 16 heavy (non-hydrogen) atoms. The lowest BCUT2D eigenvalue weighted by Gasteiger charge is -2.25. The summed E-state index contributed by atoms with van der Waals surface area (Å²) in [7, 11) is 0. The lowest BCUT2D eigenvalue weighted by Crippen LogP contribution is -2.36. The number of alkyl halides is 3. The van der Waals surface area contributed by atoms with Crippen LogP contribution in [-0.2, 0) is 4.79 Å². The van der Waals surface area contributed by atoms with Gasteiger partial charge in [0, 0.05) is 6.04 Å². The molecule has 0 aliphatic rings. The molecular formula is C10H18F3NO2. The number of hydrogen-bond donors (Lipinski definition) is 2. The van der Waals surface area contributed by atoms with E-state index < -0.39 is 30.5 Å². The Labute approximate surface area is 92.8 Å². The van der Waals surface area contributed by atoms with Crippen LogP contribution in [0.2, 0.25) is 0 Å². The fourth-order valence-corrected chi connectivity index (χ4v) is 1.41. The minimum atomic E-state index is -4.50. The van der Waals surface area contributed by atoms with Gasteiger partial charge in [-0.1, -0.05) is 20.3 Å². The third kappa shape index (κ3) is 5.34. The second-order valence-corrected chi connectivity index (χ2v) is 4.12. The molecule has 0 aromatic heterocycles. The monoisotopic (exact) mass is 241 g/mol. The summed E-state index contributed by atoms with van der Waals surface area (Å²) in [5, 5.41) is 8.42. The molecule has 0 heterocycles. The summed E-state index contributed by atoms with van der Waals surface area (Å²) >= 11 is 0. The Bertz CT molecular complexity index is 231. The standard InChI is InChI=1S/C10H18F3NO2/c1-3-6(2)8(14)4-7(5-9(15)16)10(11,12)13/h6-8H,3-5,14H2,1-2H3,(H,15,16). The molecule has 0 fully saturated rings. The third-order valence-corrected chi connectivity index (χ3v) is 2.82. The minimum Gasteiger partial charge on any atom is -0.481 e. The lowest BCUT2D eigenvalue weighted by atomic mass is 9.88. The van der Waals surface area contributed by atoms with Crippen molar-refractivity contribution in [3.63, 3.8) is 0 Å². The number of carboxylic acid groups (broad SMARTS) is 1. The maximum absolute atomic E-state index is 12.5. The van der Waals surface area contributed by atoms with Gasteiger partial charge in [0.05, 0.1) is 12.3 Å². The first kappa shape index (κ1) is 15.2. The van der Waals surface area contributed by atoms with Crippen molar-refractivity contribution in [2.75, 3.05) is 0 Å². The van der Waals surface area contributed by atoms with Crippen molar-refractivity contribution in [2.24, 2.45) is 17.6 Å². The van der Waals surface area contributed by atoms with Gasteiger partial charge in [-0.15, -0.1) is 0 Å². The van der Waals surface area contributed by atoms with Crippen molar-refractivity contribution in [1.29, 1.82) is 0 Å². The van der Waals surface area contributed by atoms with E-state index in [4.69, 9.17) is 10.8 Å². The van der Waals surface area contributed by atoms with Crippen LogP contribution in [0.4, 0.5) is 13.2 Å². The number of halogens is 3. The third-order valence-electron chi connectivity index (χ3n) is 2.82. The van der Waals surface area contributed by atoms with E-state index in [1.54, 1.807) is 6.92 Å². The summed E-state index contributed by atoms with van der Waals surface area (Å²) in [6, 6.07) is -0.615. The van der Waals surface area contributed by atoms with Crippen LogP contribution in [0.25, 0.3) is 0 Å². The number of carboxylic acids is 1. The Morgan fingerprint density at radius 2 is 1.94 bits per heavy atom. The maximum Gasteiger partial charge on any atom is 0.392 e. The van der Waals surface area contributed by atoms with Crippen LogP contribution in [0.15, 0.2) is 0 Å². The molecule has 0 aromatic carbocycles. The Morgan fingerprint density at radius 3 is 2.25 bits per heavy atom. The second kappa shape index (κ2) is 6.08. The van der Waals surface area contributed by atoms with E-state index in [0.29, 0.717) is 6.42 Å². The Balaban J connectivity index is 4.49. The van der Waals surface area contributed by atoms with Gasteiger partial charge >= 0.3 is 12.1 Å². The molecule has 0 rings (SSSR count). The average Bonchev–Trinajstić information content (AvgIpc) is 2.13. The van der Waals surface area contributed by atoms with Gasteiger partial charge in [0.15, 0.2) is 0 Å². The topological polar surface area (TPSA) is 63.3 Å². The highest BCUT2D eigenvalue weighted by atomic mass is 19.4. The van der Waals surface area contributed by atoms with Crippen LogP contribution >= 0.6 is 0 Å². The fraction of sp³-hybridized carbons (Fsp3) is 0.900. The zero-order valence-corrected chi connectivity index (χ0v) is 9.42. The Morgan fingerprint density at radius 1 is 1.44 bits per heavy atom. The average molecular weight is 241 g/mol. The molecule has 0 radical (unpaired) electrons. The summed E-state index contributed by atoms with van der Waals surface area (Å²) in [4.78, 5) is 10.3. The van der Waals surface area contributed by atoms with E-state index in [2.05, 4.69) is 0 Å². The highest BCUT2D eigenvalue weighted by Crippen LogP contribution is 2.33. The Hall–Kier alpha value is -0.780. The van der Waals surface area contributed by atoms with Gasteiger partial charge < -0.3 is 10.8 Å². The van der Waals surface area contributed by atoms with Crippen molar-refractivity contribution < 1.29 is 23.1 Å². The van der Waals surface area contributed by atoms with Gasteiger partial charge in [0.2, 0.25) is 0 Å². The highest BCUT2D eigenvalue weighted by Gasteiger charge is 2.41. The molecule has 3 unspecified atom stereocenters. The van der Waals surface area contributed by atoms with E-state index in [9.17, 15) is 18.0 Å². The van der Waals surface area contributed by atoms with Crippen LogP contribution in [0.3, 0.4) is 0 Å². The van der Waals surface area contributed by atoms with Crippen LogP contribution in [0.5, 0.6) is 0 Å². The number of rotatable bonds is 6. The first-order valence-electron chi connectivity index (χ1n) is 5.22. The van der Waals surface area contributed by atoms with E-state index in [1.807, 2.05) is 6.92 Å². The lowest BCUT2D eigenvalue weighted by molar-refractivity contribution is -0.185. The number of aliphatic carboxylic acids is 1. The molecule has 0 bridgehead atoms. The van der Waals surface area contributed by atoms with Gasteiger partial charge in [-0.3, -0.25) is 4.79 Å². The smallest absolute Gasteiger partial charge is 0.392 e. The number of nitrogens with two attached hydrogens (primary N) is 1. The van der Waals surface area contributed by atoms with Gasteiger partial charge in [-0.25, -0.2) is 0 Å². The molecule has 96 valence electrons. The van der Waals surface area contributed by atoms with Crippen LogP contribution < -0.4 is 5.73 Å². The molecule has 6 heteroatoms. The van der Waals surface area contributed by atoms with E-state index in [-0.39, 0.29) is 12.3 Å². The highest BCUT2D eigenvalue weighted by molar-refractivity contribution is 5.67. The first-order valence-corrected chi connectivity index (χ1v) is 5.22. The minimum absolute atomic E-state index is 0.0429. The zero-order chi connectivity index (χ0) is 12.9. The molecule has 0 saturated heterocycles. The van der Waals surface area contributed by atoms with Crippen molar-refractivity contribution in [3.05, 3.63) is 0 Å². The van der Waals surface area contributed by atoms with Crippen LogP contribution in [0, 0.1) is 11.8 Å². The maximum atomic E-state index is 12.5. The summed E-state index contributed by atoms with van der Waals surface area (Å²) in [5.41, 5.74) is 5.61. The molecule has 3 atom stereocenters. The summed E-state index contributed by atoms with van der Waals surface area (Å²) < 4.78 is 37.5. The fourth-order valence-electron chi connectivity index (χ4n) is 1.41. The second-order valence-electron chi connectivity index (χ2n) is 4.12. The summed E-state index contributed by atoms with van der Waals surface area (Å²) in [5.74, 6) is -3.34. The molecule has 0 aliphatic heterocycles. The predicted molar refractivity (Wildman–Crippen MR) is 53.8 cm³/mol. The van der Waals surface area contributed by atoms with E-state index >= 15 is 0 Å². The SMILES string of the molecule is CCC(C)C(N)CC(CC(=O)O)C(F)(F)F. The molecule has 3 nitrogen and oxygen atoms in total. The molecule has 0 saturated carbocycles. The van der Waals surface area contributed by atoms with Crippen molar-refractivity contribution in [3.8, 4) is 0 Å². The van der Waals surface area contributed by atoms with Crippen molar-refractivity contribution in [2.45, 2.75) is 45.3 Å². The number of hydrogen-bond acceptors (Lipinski definition) is 2. The molecule has 3 N–H and O–H groups in total. The van der Waals surface area contributed by atoms with Gasteiger partial charge in [0.25, 0.3) is 0 Å². The molecule has 0 aromatic rings. The normalized spacial score (nSPS) is 17.9. The molecule has 0 spiro atoms. The predicted octanol–water partition coefficient (Wildman–Crippen LogP) is 2.40. The zero-order valence-electron chi connectivity index (χ0n) is 9.42. The van der Waals surface area contributed by atoms with E-state index in [1.165, 1.54) is 0 Å². The van der Waals surface area contributed by atoms with Gasteiger partial charge in [0.1, 0.15) is 0 Å². The Kier molecular flexibility index (Phi) is 5.78.